The van der Waals surface area contributed by atoms with E-state index in [1.54, 1.807) is 4.90 Å². The second kappa shape index (κ2) is 4.40. The molecule has 1 aromatic heterocycles. The molecule has 1 saturated heterocycles. The molecule has 0 aliphatic carbocycles. The minimum Gasteiger partial charge on any atom is -0.407 e. The van der Waals surface area contributed by atoms with E-state index in [1.165, 1.54) is 0 Å². The van der Waals surface area contributed by atoms with Crippen molar-refractivity contribution in [1.82, 2.24) is 10.2 Å². The number of hydrogen-bond donors (Lipinski definition) is 0. The van der Waals surface area contributed by atoms with Crippen LogP contribution in [0.3, 0.4) is 0 Å². The largest absolute Gasteiger partial charge is 0.407 e. The van der Waals surface area contributed by atoms with E-state index in [-0.39, 0.29) is 11.3 Å². The number of hydrogen-bond acceptors (Lipinski definition) is 4. The van der Waals surface area contributed by atoms with E-state index < -0.39 is 0 Å². The highest BCUT2D eigenvalue weighted by Crippen LogP contribution is 2.28. The molecule has 2 heterocycles. The Kier molecular flexibility index (Phi) is 3.25. The quantitative estimate of drug-likeness (QED) is 0.785. The molecule has 1 aliphatic rings. The molecule has 94 valence electrons. The summed E-state index contributed by atoms with van der Waals surface area (Å²) in [6.45, 7) is 6.64. The predicted molar refractivity (Wildman–Crippen MR) is 67.3 cm³/mol. The van der Waals surface area contributed by atoms with Crippen LogP contribution in [0.4, 0.5) is 6.01 Å². The summed E-state index contributed by atoms with van der Waals surface area (Å²) in [4.78, 5) is 13.4. The standard InChI is InChI=1S/C11H16BrN3O2/c1-11(2,3)9-13-14-10(17-9)15-6-7(5-12)4-8(15)16/h7H,4-6H2,1-3H3. The van der Waals surface area contributed by atoms with E-state index in [1.807, 2.05) is 20.8 Å². The smallest absolute Gasteiger partial charge is 0.325 e. The number of carbonyl (C=O) groups is 1. The predicted octanol–water partition coefficient (Wildman–Crippen LogP) is 2.11. The Morgan fingerprint density at radius 2 is 2.18 bits per heavy atom. The molecule has 0 N–H and O–H groups in total. The van der Waals surface area contributed by atoms with Gasteiger partial charge in [-0.2, -0.15) is 0 Å². The lowest BCUT2D eigenvalue weighted by atomic mass is 9.97. The average molecular weight is 302 g/mol. The molecule has 1 aromatic rings. The van der Waals surface area contributed by atoms with Gasteiger partial charge in [-0.25, -0.2) is 0 Å². The summed E-state index contributed by atoms with van der Waals surface area (Å²) in [5, 5.41) is 8.77. The van der Waals surface area contributed by atoms with Gasteiger partial charge in [-0.3, -0.25) is 9.69 Å². The van der Waals surface area contributed by atoms with Gasteiger partial charge in [0.25, 0.3) is 0 Å². The number of aromatic nitrogens is 2. The molecule has 0 bridgehead atoms. The van der Waals surface area contributed by atoms with Crippen molar-refractivity contribution in [2.24, 2.45) is 5.92 Å². The first-order valence-electron chi connectivity index (χ1n) is 5.62. The maximum Gasteiger partial charge on any atom is 0.325 e. The van der Waals surface area contributed by atoms with E-state index in [0.717, 1.165) is 5.33 Å². The van der Waals surface area contributed by atoms with E-state index in [0.29, 0.717) is 30.8 Å². The molecule has 6 heteroatoms. The third-order valence-electron chi connectivity index (χ3n) is 2.71. The molecule has 17 heavy (non-hydrogen) atoms. The van der Waals surface area contributed by atoms with Gasteiger partial charge in [0.05, 0.1) is 0 Å². The summed E-state index contributed by atoms with van der Waals surface area (Å²) in [5.74, 6) is 0.939. The number of alkyl halides is 1. The highest BCUT2D eigenvalue weighted by atomic mass is 79.9. The Morgan fingerprint density at radius 3 is 2.65 bits per heavy atom. The Labute approximate surface area is 109 Å². The van der Waals surface area contributed by atoms with Crippen molar-refractivity contribution in [2.75, 3.05) is 16.8 Å². The fourth-order valence-electron chi connectivity index (χ4n) is 1.70. The molecular weight excluding hydrogens is 286 g/mol. The van der Waals surface area contributed by atoms with Crippen LogP contribution in [0.5, 0.6) is 0 Å². The van der Waals surface area contributed by atoms with Crippen LogP contribution >= 0.6 is 15.9 Å². The lowest BCUT2D eigenvalue weighted by molar-refractivity contribution is -0.117. The highest BCUT2D eigenvalue weighted by Gasteiger charge is 2.34. The van der Waals surface area contributed by atoms with Crippen LogP contribution < -0.4 is 4.90 Å². The van der Waals surface area contributed by atoms with Crippen LogP contribution in [0.2, 0.25) is 0 Å². The Bertz CT molecular complexity index is 425. The van der Waals surface area contributed by atoms with Crippen LogP contribution in [0.25, 0.3) is 0 Å². The molecule has 1 atom stereocenters. The lowest BCUT2D eigenvalue weighted by Crippen LogP contribution is -2.25. The Balaban J connectivity index is 2.19. The molecular formula is C11H16BrN3O2. The van der Waals surface area contributed by atoms with Gasteiger partial charge in [0.1, 0.15) is 0 Å². The minimum atomic E-state index is -0.192. The molecule has 1 amide bonds. The SMILES string of the molecule is CC(C)(C)c1nnc(N2CC(CBr)CC2=O)o1. The first kappa shape index (κ1) is 12.5. The fraction of sp³-hybridized carbons (Fsp3) is 0.727. The zero-order valence-electron chi connectivity index (χ0n) is 10.2. The highest BCUT2D eigenvalue weighted by molar-refractivity contribution is 9.09. The van der Waals surface area contributed by atoms with Crippen molar-refractivity contribution in [3.8, 4) is 0 Å². The number of amides is 1. The molecule has 0 spiro atoms. The lowest BCUT2D eigenvalue weighted by Gasteiger charge is -2.13. The third-order valence-corrected chi connectivity index (χ3v) is 3.63. The van der Waals surface area contributed by atoms with E-state index in [2.05, 4.69) is 26.1 Å². The fourth-order valence-corrected chi connectivity index (χ4v) is 2.13. The van der Waals surface area contributed by atoms with Crippen molar-refractivity contribution in [3.63, 3.8) is 0 Å². The summed E-state index contributed by atoms with van der Waals surface area (Å²) in [7, 11) is 0. The van der Waals surface area contributed by atoms with Gasteiger partial charge in [-0.05, 0) is 5.92 Å². The number of carbonyl (C=O) groups excluding carboxylic acids is 1. The van der Waals surface area contributed by atoms with Gasteiger partial charge in [-0.15, -0.1) is 5.10 Å². The number of anilines is 1. The molecule has 0 aromatic carbocycles. The van der Waals surface area contributed by atoms with Gasteiger partial charge in [0, 0.05) is 23.7 Å². The summed E-state index contributed by atoms with van der Waals surface area (Å²) >= 11 is 3.40. The zero-order valence-corrected chi connectivity index (χ0v) is 11.8. The molecule has 5 nitrogen and oxygen atoms in total. The zero-order chi connectivity index (χ0) is 12.6. The summed E-state index contributed by atoms with van der Waals surface area (Å²) in [6.07, 6.45) is 0.540. The summed E-state index contributed by atoms with van der Waals surface area (Å²) in [5.41, 5.74) is -0.192. The van der Waals surface area contributed by atoms with Crippen LogP contribution in [0.1, 0.15) is 33.1 Å². The minimum absolute atomic E-state index is 0.0542. The first-order chi connectivity index (χ1) is 7.91. The molecule has 1 aliphatic heterocycles. The van der Waals surface area contributed by atoms with Gasteiger partial charge in [0.2, 0.25) is 11.8 Å². The second-order valence-corrected chi connectivity index (χ2v) is 6.02. The number of halogens is 1. The van der Waals surface area contributed by atoms with Gasteiger partial charge >= 0.3 is 6.01 Å². The average Bonchev–Trinajstić information content (AvgIpc) is 2.82. The van der Waals surface area contributed by atoms with Crippen LogP contribution in [0.15, 0.2) is 4.42 Å². The Hall–Kier alpha value is -0.910. The molecule has 0 radical (unpaired) electrons. The Morgan fingerprint density at radius 1 is 1.47 bits per heavy atom. The maximum atomic E-state index is 11.8. The topological polar surface area (TPSA) is 59.2 Å². The van der Waals surface area contributed by atoms with Crippen molar-refractivity contribution >= 4 is 27.9 Å². The van der Waals surface area contributed by atoms with Gasteiger partial charge in [-0.1, -0.05) is 41.8 Å². The van der Waals surface area contributed by atoms with Gasteiger partial charge in [0.15, 0.2) is 0 Å². The van der Waals surface area contributed by atoms with E-state index >= 15 is 0 Å². The van der Waals surface area contributed by atoms with Gasteiger partial charge < -0.3 is 4.42 Å². The summed E-state index contributed by atoms with van der Waals surface area (Å²) < 4.78 is 5.56. The van der Waals surface area contributed by atoms with Crippen LogP contribution in [-0.4, -0.2) is 28.0 Å². The van der Waals surface area contributed by atoms with Crippen molar-refractivity contribution in [1.29, 1.82) is 0 Å². The number of nitrogens with zero attached hydrogens (tertiary/aromatic N) is 3. The third kappa shape index (κ3) is 2.51. The molecule has 2 rings (SSSR count). The maximum absolute atomic E-state index is 11.8. The molecule has 1 fully saturated rings. The summed E-state index contributed by atoms with van der Waals surface area (Å²) in [6, 6.07) is 0.323. The monoisotopic (exact) mass is 301 g/mol. The van der Waals surface area contributed by atoms with E-state index in [4.69, 9.17) is 4.42 Å². The molecule has 1 unspecified atom stereocenters. The van der Waals surface area contributed by atoms with Crippen molar-refractivity contribution < 1.29 is 9.21 Å². The van der Waals surface area contributed by atoms with Crippen LogP contribution in [-0.2, 0) is 10.2 Å². The van der Waals surface area contributed by atoms with E-state index in [9.17, 15) is 4.79 Å². The number of rotatable bonds is 2. The van der Waals surface area contributed by atoms with Crippen molar-refractivity contribution in [3.05, 3.63) is 5.89 Å². The normalized spacial score (nSPS) is 21.3. The first-order valence-corrected chi connectivity index (χ1v) is 6.74. The van der Waals surface area contributed by atoms with Crippen LogP contribution in [0, 0.1) is 5.92 Å². The van der Waals surface area contributed by atoms with Crippen molar-refractivity contribution in [2.45, 2.75) is 32.6 Å². The second-order valence-electron chi connectivity index (χ2n) is 5.37. The molecule has 0 saturated carbocycles.